The van der Waals surface area contributed by atoms with E-state index in [-0.39, 0.29) is 12.5 Å². The molecule has 2 aromatic carbocycles. The lowest BCUT2D eigenvalue weighted by molar-refractivity contribution is -0.118. The molecular weight excluding hydrogens is 290 g/mol. The Morgan fingerprint density at radius 3 is 2.43 bits per heavy atom. The molecule has 0 bridgehead atoms. The van der Waals surface area contributed by atoms with Crippen LogP contribution in [0.3, 0.4) is 0 Å². The van der Waals surface area contributed by atoms with Gasteiger partial charge in [-0.15, -0.1) is 0 Å². The molecule has 0 heterocycles. The highest BCUT2D eigenvalue weighted by molar-refractivity contribution is 5.92. The zero-order valence-corrected chi connectivity index (χ0v) is 13.8. The summed E-state index contributed by atoms with van der Waals surface area (Å²) in [4.78, 5) is 12.2. The van der Waals surface area contributed by atoms with Crippen molar-refractivity contribution in [2.75, 3.05) is 19.0 Å². The van der Waals surface area contributed by atoms with E-state index in [1.54, 1.807) is 19.2 Å². The highest BCUT2D eigenvalue weighted by Crippen LogP contribution is 2.27. The number of benzene rings is 2. The molecule has 0 radical (unpaired) electrons. The molecule has 0 saturated carbocycles. The minimum absolute atomic E-state index is 0.0603. The van der Waals surface area contributed by atoms with Gasteiger partial charge in [0.25, 0.3) is 5.91 Å². The maximum Gasteiger partial charge on any atom is 0.262 e. The minimum atomic E-state index is -0.188. The molecule has 0 unspecified atom stereocenters. The monoisotopic (exact) mass is 313 g/mol. The van der Waals surface area contributed by atoms with E-state index in [0.29, 0.717) is 17.4 Å². The Balaban J connectivity index is 2.00. The lowest BCUT2D eigenvalue weighted by atomic mass is 9.97. The molecule has 2 aromatic rings. The van der Waals surface area contributed by atoms with Gasteiger partial charge in [-0.05, 0) is 36.1 Å². The van der Waals surface area contributed by atoms with Crippen LogP contribution in [0.4, 0.5) is 5.69 Å². The van der Waals surface area contributed by atoms with Gasteiger partial charge in [-0.3, -0.25) is 4.79 Å². The SMILES string of the molecule is CC[C@H](C)c1ccccc1NC(=O)COc1ccccc1OC. The van der Waals surface area contributed by atoms with E-state index in [9.17, 15) is 4.79 Å². The highest BCUT2D eigenvalue weighted by Gasteiger charge is 2.12. The molecule has 0 aromatic heterocycles. The Labute approximate surface area is 137 Å². The number of hydrogen-bond acceptors (Lipinski definition) is 3. The molecule has 4 nitrogen and oxygen atoms in total. The average molecular weight is 313 g/mol. The molecule has 2 rings (SSSR count). The molecule has 1 amide bonds. The van der Waals surface area contributed by atoms with Gasteiger partial charge in [0, 0.05) is 5.69 Å². The van der Waals surface area contributed by atoms with Gasteiger partial charge in [-0.2, -0.15) is 0 Å². The van der Waals surface area contributed by atoms with E-state index in [2.05, 4.69) is 19.2 Å². The third-order valence-corrected chi connectivity index (χ3v) is 3.81. The van der Waals surface area contributed by atoms with Crippen LogP contribution < -0.4 is 14.8 Å². The van der Waals surface area contributed by atoms with Gasteiger partial charge < -0.3 is 14.8 Å². The summed E-state index contributed by atoms with van der Waals surface area (Å²) >= 11 is 0. The number of nitrogens with one attached hydrogen (secondary N) is 1. The number of amides is 1. The first kappa shape index (κ1) is 16.9. The summed E-state index contributed by atoms with van der Waals surface area (Å²) < 4.78 is 10.8. The van der Waals surface area contributed by atoms with Crippen molar-refractivity contribution < 1.29 is 14.3 Å². The van der Waals surface area contributed by atoms with Crippen LogP contribution in [0.2, 0.25) is 0 Å². The molecule has 4 heteroatoms. The van der Waals surface area contributed by atoms with E-state index in [1.165, 1.54) is 0 Å². The van der Waals surface area contributed by atoms with Crippen molar-refractivity contribution in [1.82, 2.24) is 0 Å². The van der Waals surface area contributed by atoms with Gasteiger partial charge in [0.15, 0.2) is 18.1 Å². The van der Waals surface area contributed by atoms with Crippen LogP contribution in [0.5, 0.6) is 11.5 Å². The van der Waals surface area contributed by atoms with E-state index in [1.807, 2.05) is 36.4 Å². The first-order chi connectivity index (χ1) is 11.2. The zero-order chi connectivity index (χ0) is 16.7. The summed E-state index contributed by atoms with van der Waals surface area (Å²) in [6.45, 7) is 4.22. The number of carbonyl (C=O) groups excluding carboxylic acids is 1. The third-order valence-electron chi connectivity index (χ3n) is 3.81. The van der Waals surface area contributed by atoms with Crippen molar-refractivity contribution in [2.45, 2.75) is 26.2 Å². The van der Waals surface area contributed by atoms with E-state index < -0.39 is 0 Å². The number of hydrogen-bond donors (Lipinski definition) is 1. The molecule has 0 aliphatic carbocycles. The summed E-state index contributed by atoms with van der Waals surface area (Å²) in [6.07, 6.45) is 1.02. The second-order valence-electron chi connectivity index (χ2n) is 5.38. The Kier molecular flexibility index (Phi) is 6.03. The van der Waals surface area contributed by atoms with Gasteiger partial charge >= 0.3 is 0 Å². The molecule has 0 aliphatic heterocycles. The van der Waals surface area contributed by atoms with Gasteiger partial charge in [0.1, 0.15) is 0 Å². The minimum Gasteiger partial charge on any atom is -0.493 e. The standard InChI is InChI=1S/C19H23NO3/c1-4-14(2)15-9-5-6-10-16(15)20-19(21)13-23-18-12-8-7-11-17(18)22-3/h5-12,14H,4,13H2,1-3H3,(H,20,21)/t14-/m0/s1. The van der Waals surface area contributed by atoms with Crippen molar-refractivity contribution in [3.63, 3.8) is 0 Å². The largest absolute Gasteiger partial charge is 0.493 e. The molecule has 0 fully saturated rings. The summed E-state index contributed by atoms with van der Waals surface area (Å²) in [5.41, 5.74) is 1.98. The van der Waals surface area contributed by atoms with Gasteiger partial charge in [0.2, 0.25) is 0 Å². The predicted octanol–water partition coefficient (Wildman–Crippen LogP) is 4.23. The molecule has 0 saturated heterocycles. The molecule has 122 valence electrons. The Bertz CT molecular complexity index is 655. The number of anilines is 1. The molecule has 1 atom stereocenters. The van der Waals surface area contributed by atoms with Gasteiger partial charge in [-0.25, -0.2) is 0 Å². The van der Waals surface area contributed by atoms with Crippen molar-refractivity contribution in [2.24, 2.45) is 0 Å². The van der Waals surface area contributed by atoms with Crippen LogP contribution in [-0.4, -0.2) is 19.6 Å². The maximum atomic E-state index is 12.2. The van der Waals surface area contributed by atoms with Crippen molar-refractivity contribution in [3.8, 4) is 11.5 Å². The smallest absolute Gasteiger partial charge is 0.262 e. The lowest BCUT2D eigenvalue weighted by Gasteiger charge is -2.16. The van der Waals surface area contributed by atoms with Crippen molar-refractivity contribution >= 4 is 11.6 Å². The molecular formula is C19H23NO3. The number of ether oxygens (including phenoxy) is 2. The quantitative estimate of drug-likeness (QED) is 0.832. The Morgan fingerprint density at radius 1 is 1.09 bits per heavy atom. The topological polar surface area (TPSA) is 47.6 Å². The van der Waals surface area contributed by atoms with E-state index in [0.717, 1.165) is 17.7 Å². The first-order valence-electron chi connectivity index (χ1n) is 7.80. The lowest BCUT2D eigenvalue weighted by Crippen LogP contribution is -2.21. The predicted molar refractivity (Wildman–Crippen MR) is 92.3 cm³/mol. The first-order valence-corrected chi connectivity index (χ1v) is 7.80. The Hall–Kier alpha value is -2.49. The van der Waals surface area contributed by atoms with Crippen LogP contribution in [0, 0.1) is 0 Å². The van der Waals surface area contributed by atoms with Crippen molar-refractivity contribution in [1.29, 1.82) is 0 Å². The second-order valence-corrected chi connectivity index (χ2v) is 5.38. The third kappa shape index (κ3) is 4.49. The van der Waals surface area contributed by atoms with Crippen LogP contribution in [-0.2, 0) is 4.79 Å². The van der Waals surface area contributed by atoms with Crippen LogP contribution in [0.25, 0.3) is 0 Å². The number of para-hydroxylation sites is 3. The number of methoxy groups -OCH3 is 1. The summed E-state index contributed by atoms with van der Waals surface area (Å²) in [6, 6.07) is 15.1. The maximum absolute atomic E-state index is 12.2. The van der Waals surface area contributed by atoms with Crippen molar-refractivity contribution in [3.05, 3.63) is 54.1 Å². The Morgan fingerprint density at radius 2 is 1.74 bits per heavy atom. The van der Waals surface area contributed by atoms with Gasteiger partial charge in [0.05, 0.1) is 7.11 Å². The normalized spacial score (nSPS) is 11.6. The fraction of sp³-hybridized carbons (Fsp3) is 0.316. The molecule has 0 aliphatic rings. The number of rotatable bonds is 7. The van der Waals surface area contributed by atoms with Crippen LogP contribution in [0.1, 0.15) is 31.7 Å². The van der Waals surface area contributed by atoms with E-state index in [4.69, 9.17) is 9.47 Å². The average Bonchev–Trinajstić information content (AvgIpc) is 2.60. The van der Waals surface area contributed by atoms with Crippen LogP contribution in [0.15, 0.2) is 48.5 Å². The fourth-order valence-corrected chi connectivity index (χ4v) is 2.33. The molecule has 23 heavy (non-hydrogen) atoms. The fourth-order valence-electron chi connectivity index (χ4n) is 2.33. The summed E-state index contributed by atoms with van der Waals surface area (Å²) in [5, 5.41) is 2.93. The molecule has 1 N–H and O–H groups in total. The zero-order valence-electron chi connectivity index (χ0n) is 13.8. The van der Waals surface area contributed by atoms with E-state index >= 15 is 0 Å². The number of carbonyl (C=O) groups is 1. The summed E-state index contributed by atoms with van der Waals surface area (Å²) in [7, 11) is 1.57. The summed E-state index contributed by atoms with van der Waals surface area (Å²) in [5.74, 6) is 1.37. The molecule has 0 spiro atoms. The van der Waals surface area contributed by atoms with Crippen LogP contribution >= 0.6 is 0 Å². The van der Waals surface area contributed by atoms with Gasteiger partial charge in [-0.1, -0.05) is 44.2 Å². The second kappa shape index (κ2) is 8.22. The highest BCUT2D eigenvalue weighted by atomic mass is 16.5.